The van der Waals surface area contributed by atoms with Gasteiger partial charge in [-0.05, 0) is 48.0 Å². The number of amides is 2. The summed E-state index contributed by atoms with van der Waals surface area (Å²) in [6.07, 6.45) is 0. The highest BCUT2D eigenvalue weighted by Crippen LogP contribution is 2.43. The maximum atomic E-state index is 13.2. The van der Waals surface area contributed by atoms with Crippen LogP contribution in [-0.4, -0.2) is 29.5 Å². The lowest BCUT2D eigenvalue weighted by atomic mass is 9.95. The van der Waals surface area contributed by atoms with Gasteiger partial charge in [0.05, 0.1) is 11.6 Å². The molecule has 1 atom stereocenters. The predicted molar refractivity (Wildman–Crippen MR) is 125 cm³/mol. The average Bonchev–Trinajstić information content (AvgIpc) is 3.41. The van der Waals surface area contributed by atoms with Gasteiger partial charge in [0.25, 0.3) is 11.7 Å². The quantitative estimate of drug-likeness (QED) is 0.349. The second-order valence-electron chi connectivity index (χ2n) is 7.88. The fourth-order valence-electron chi connectivity index (χ4n) is 4.16. The van der Waals surface area contributed by atoms with Crippen molar-refractivity contribution in [2.24, 2.45) is 0 Å². The molecule has 3 aromatic carbocycles. The first-order valence-corrected chi connectivity index (χ1v) is 10.6. The zero-order valence-corrected chi connectivity index (χ0v) is 18.1. The predicted octanol–water partition coefficient (Wildman–Crippen LogP) is 4.00. The number of ketones is 1. The monoisotopic (exact) mass is 456 g/mol. The Hall–Kier alpha value is -4.59. The number of hydrogen-bond acceptors (Lipinski definition) is 6. The lowest BCUT2D eigenvalue weighted by Gasteiger charge is -2.25. The molecule has 1 saturated heterocycles. The summed E-state index contributed by atoms with van der Waals surface area (Å²) in [6.45, 7) is 1.47. The molecule has 0 bridgehead atoms. The molecule has 2 aliphatic heterocycles. The van der Waals surface area contributed by atoms with E-state index in [0.29, 0.717) is 34.0 Å². The Bertz CT molecular complexity index is 1330. The second-order valence-corrected chi connectivity index (χ2v) is 7.88. The number of ether oxygens (including phenoxy) is 2. The number of aliphatic hydroxyl groups excluding tert-OH is 1. The standard InChI is InChI=1S/C26H20N2O6/c1-15(29)27-18-8-10-19(11-9-18)28-23(16-5-3-2-4-6-16)22(25(31)26(28)32)24(30)17-7-12-20-21(13-17)34-14-33-20/h2-13,23,30H,14H2,1H3,(H,27,29)/b24-22-. The second kappa shape index (κ2) is 8.40. The van der Waals surface area contributed by atoms with Gasteiger partial charge in [-0.1, -0.05) is 30.3 Å². The van der Waals surface area contributed by atoms with Gasteiger partial charge in [0.1, 0.15) is 5.76 Å². The highest BCUT2D eigenvalue weighted by atomic mass is 16.7. The van der Waals surface area contributed by atoms with Gasteiger partial charge < -0.3 is 19.9 Å². The summed E-state index contributed by atoms with van der Waals surface area (Å²) in [6, 6.07) is 19.6. The van der Waals surface area contributed by atoms with Gasteiger partial charge >= 0.3 is 0 Å². The van der Waals surface area contributed by atoms with Gasteiger partial charge in [0, 0.05) is 23.9 Å². The molecule has 8 nitrogen and oxygen atoms in total. The Morgan fingerprint density at radius 3 is 2.38 bits per heavy atom. The topological polar surface area (TPSA) is 105 Å². The molecule has 1 unspecified atom stereocenters. The molecule has 34 heavy (non-hydrogen) atoms. The summed E-state index contributed by atoms with van der Waals surface area (Å²) in [5.74, 6) is -1.10. The molecule has 170 valence electrons. The first kappa shape index (κ1) is 21.3. The van der Waals surface area contributed by atoms with Crippen LogP contribution in [0.25, 0.3) is 5.76 Å². The van der Waals surface area contributed by atoms with Crippen LogP contribution in [0.5, 0.6) is 11.5 Å². The Morgan fingerprint density at radius 1 is 0.971 bits per heavy atom. The molecular formula is C26H20N2O6. The summed E-state index contributed by atoms with van der Waals surface area (Å²) in [5, 5.41) is 13.9. The first-order chi connectivity index (χ1) is 16.4. The van der Waals surface area contributed by atoms with E-state index in [1.165, 1.54) is 11.8 Å². The lowest BCUT2D eigenvalue weighted by Crippen LogP contribution is -2.29. The highest BCUT2D eigenvalue weighted by molar-refractivity contribution is 6.51. The Morgan fingerprint density at radius 2 is 1.68 bits per heavy atom. The molecule has 3 aromatic rings. The van der Waals surface area contributed by atoms with Crippen molar-refractivity contribution >= 4 is 34.7 Å². The van der Waals surface area contributed by atoms with E-state index in [4.69, 9.17) is 9.47 Å². The molecule has 0 aromatic heterocycles. The van der Waals surface area contributed by atoms with Crippen molar-refractivity contribution in [1.29, 1.82) is 0 Å². The van der Waals surface area contributed by atoms with E-state index in [2.05, 4.69) is 5.32 Å². The van der Waals surface area contributed by atoms with E-state index in [0.717, 1.165) is 0 Å². The fourth-order valence-corrected chi connectivity index (χ4v) is 4.16. The normalized spacial score (nSPS) is 18.3. The molecular weight excluding hydrogens is 436 g/mol. The molecule has 2 aliphatic rings. The average molecular weight is 456 g/mol. The zero-order valence-electron chi connectivity index (χ0n) is 18.1. The SMILES string of the molecule is CC(=O)Nc1ccc(N2C(=O)C(=O)/C(=C(\O)c3ccc4c(c3)OCO4)C2c2ccccc2)cc1. The minimum absolute atomic E-state index is 0.0268. The van der Waals surface area contributed by atoms with Crippen molar-refractivity contribution in [1.82, 2.24) is 0 Å². The van der Waals surface area contributed by atoms with Crippen LogP contribution >= 0.6 is 0 Å². The number of aliphatic hydroxyl groups is 1. The summed E-state index contributed by atoms with van der Waals surface area (Å²) in [7, 11) is 0. The fraction of sp³-hybridized carbons (Fsp3) is 0.115. The van der Waals surface area contributed by atoms with Crippen LogP contribution in [0, 0.1) is 0 Å². The summed E-state index contributed by atoms with van der Waals surface area (Å²) in [4.78, 5) is 39.1. The van der Waals surface area contributed by atoms with Gasteiger partial charge in [-0.25, -0.2) is 0 Å². The third kappa shape index (κ3) is 3.65. The van der Waals surface area contributed by atoms with Crippen LogP contribution in [0.2, 0.25) is 0 Å². The van der Waals surface area contributed by atoms with Gasteiger partial charge in [-0.3, -0.25) is 19.3 Å². The number of Topliss-reactive ketones (excluding diaryl/α,β-unsaturated/α-hetero) is 1. The Kier molecular flexibility index (Phi) is 5.25. The van der Waals surface area contributed by atoms with Crippen molar-refractivity contribution in [2.45, 2.75) is 13.0 Å². The summed E-state index contributed by atoms with van der Waals surface area (Å²) < 4.78 is 10.7. The van der Waals surface area contributed by atoms with E-state index >= 15 is 0 Å². The number of benzene rings is 3. The van der Waals surface area contributed by atoms with Crippen LogP contribution in [0.3, 0.4) is 0 Å². The number of hydrogen-bond donors (Lipinski definition) is 2. The molecule has 1 fully saturated rings. The molecule has 2 amide bonds. The molecule has 2 N–H and O–H groups in total. The number of fused-ring (bicyclic) bond motifs is 1. The zero-order chi connectivity index (χ0) is 23.8. The molecule has 8 heteroatoms. The maximum Gasteiger partial charge on any atom is 0.300 e. The minimum atomic E-state index is -0.849. The third-order valence-electron chi connectivity index (χ3n) is 5.67. The van der Waals surface area contributed by atoms with Crippen molar-refractivity contribution in [3.05, 3.63) is 89.5 Å². The van der Waals surface area contributed by atoms with Crippen molar-refractivity contribution in [2.75, 3.05) is 17.0 Å². The molecule has 0 aliphatic carbocycles. The van der Waals surface area contributed by atoms with Crippen LogP contribution in [-0.2, 0) is 14.4 Å². The van der Waals surface area contributed by atoms with E-state index in [1.54, 1.807) is 66.7 Å². The van der Waals surface area contributed by atoms with E-state index in [1.807, 2.05) is 6.07 Å². The Balaban J connectivity index is 1.63. The molecule has 0 saturated carbocycles. The van der Waals surface area contributed by atoms with E-state index < -0.39 is 17.7 Å². The Labute approximate surface area is 195 Å². The van der Waals surface area contributed by atoms with Gasteiger partial charge in [-0.15, -0.1) is 0 Å². The van der Waals surface area contributed by atoms with Crippen LogP contribution in [0.15, 0.2) is 78.4 Å². The summed E-state index contributed by atoms with van der Waals surface area (Å²) in [5.41, 5.74) is 1.99. The number of nitrogens with one attached hydrogen (secondary N) is 1. The van der Waals surface area contributed by atoms with Gasteiger partial charge in [0.15, 0.2) is 11.5 Å². The smallest absolute Gasteiger partial charge is 0.300 e. The largest absolute Gasteiger partial charge is 0.507 e. The number of anilines is 2. The van der Waals surface area contributed by atoms with E-state index in [-0.39, 0.29) is 24.0 Å². The van der Waals surface area contributed by atoms with Gasteiger partial charge in [0.2, 0.25) is 12.7 Å². The van der Waals surface area contributed by atoms with Crippen molar-refractivity contribution in [3.63, 3.8) is 0 Å². The number of carbonyl (C=O) groups is 3. The van der Waals surface area contributed by atoms with Crippen molar-refractivity contribution < 1.29 is 29.0 Å². The van der Waals surface area contributed by atoms with E-state index in [9.17, 15) is 19.5 Å². The number of carbonyl (C=O) groups excluding carboxylic acids is 3. The van der Waals surface area contributed by atoms with Crippen molar-refractivity contribution in [3.8, 4) is 11.5 Å². The molecule has 0 radical (unpaired) electrons. The van der Waals surface area contributed by atoms with Crippen LogP contribution in [0.4, 0.5) is 11.4 Å². The number of nitrogens with zero attached hydrogens (tertiary/aromatic N) is 1. The third-order valence-corrected chi connectivity index (χ3v) is 5.67. The first-order valence-electron chi connectivity index (χ1n) is 10.6. The minimum Gasteiger partial charge on any atom is -0.507 e. The highest BCUT2D eigenvalue weighted by Gasteiger charge is 2.47. The maximum absolute atomic E-state index is 13.2. The lowest BCUT2D eigenvalue weighted by molar-refractivity contribution is -0.132. The summed E-state index contributed by atoms with van der Waals surface area (Å²) >= 11 is 0. The molecule has 0 spiro atoms. The molecule has 5 rings (SSSR count). The molecule has 2 heterocycles. The number of rotatable bonds is 4. The van der Waals surface area contributed by atoms with Gasteiger partial charge in [-0.2, -0.15) is 0 Å². The van der Waals surface area contributed by atoms with Crippen LogP contribution in [0.1, 0.15) is 24.1 Å². The van der Waals surface area contributed by atoms with Crippen LogP contribution < -0.4 is 19.7 Å².